The van der Waals surface area contributed by atoms with E-state index in [1.807, 2.05) is 30.3 Å². The molecule has 0 fully saturated rings. The van der Waals surface area contributed by atoms with E-state index in [2.05, 4.69) is 20.6 Å². The van der Waals surface area contributed by atoms with Gasteiger partial charge in [0.2, 0.25) is 0 Å². The minimum absolute atomic E-state index is 0.111. The Balaban J connectivity index is 1.63. The van der Waals surface area contributed by atoms with E-state index in [1.165, 1.54) is 4.68 Å². The van der Waals surface area contributed by atoms with Crippen molar-refractivity contribution in [2.45, 2.75) is 13.1 Å². The zero-order valence-corrected chi connectivity index (χ0v) is 11.4. The van der Waals surface area contributed by atoms with Crippen molar-refractivity contribution in [2.75, 3.05) is 6.54 Å². The molecule has 3 rings (SSSR count). The largest absolute Gasteiger partial charge is 0.309 e. The van der Waals surface area contributed by atoms with Crippen molar-refractivity contribution < 1.29 is 0 Å². The van der Waals surface area contributed by atoms with Crippen molar-refractivity contribution >= 4 is 10.9 Å². The zero-order chi connectivity index (χ0) is 14.5. The molecule has 0 saturated carbocycles. The Kier molecular flexibility index (Phi) is 3.97. The average molecular weight is 281 g/mol. The van der Waals surface area contributed by atoms with Gasteiger partial charge in [-0.25, -0.2) is 4.68 Å². The summed E-state index contributed by atoms with van der Waals surface area (Å²) in [6.45, 7) is 1.77. The molecule has 0 aliphatic carbocycles. The Morgan fingerprint density at radius 2 is 1.95 bits per heavy atom. The molecule has 0 radical (unpaired) electrons. The third-order valence-corrected chi connectivity index (χ3v) is 3.16. The van der Waals surface area contributed by atoms with Crippen LogP contribution in [-0.4, -0.2) is 26.5 Å². The maximum absolute atomic E-state index is 12.2. The molecule has 1 aromatic carbocycles. The highest BCUT2D eigenvalue weighted by Gasteiger charge is 2.04. The van der Waals surface area contributed by atoms with Crippen LogP contribution in [0.15, 0.2) is 53.5 Å². The van der Waals surface area contributed by atoms with Gasteiger partial charge in [-0.1, -0.05) is 23.4 Å². The van der Waals surface area contributed by atoms with Gasteiger partial charge >= 0.3 is 0 Å². The molecule has 3 aromatic rings. The number of nitrogens with one attached hydrogen (secondary N) is 1. The van der Waals surface area contributed by atoms with Crippen molar-refractivity contribution in [1.82, 2.24) is 25.3 Å². The van der Waals surface area contributed by atoms with Gasteiger partial charge < -0.3 is 5.32 Å². The van der Waals surface area contributed by atoms with Crippen LogP contribution in [0.4, 0.5) is 0 Å². The Hall–Kier alpha value is -2.60. The second kappa shape index (κ2) is 6.23. The Morgan fingerprint density at radius 3 is 2.81 bits per heavy atom. The summed E-state index contributed by atoms with van der Waals surface area (Å²) < 4.78 is 1.38. The third kappa shape index (κ3) is 3.11. The van der Waals surface area contributed by atoms with Crippen LogP contribution in [0.25, 0.3) is 10.9 Å². The number of rotatable bonds is 5. The summed E-state index contributed by atoms with van der Waals surface area (Å²) in [6, 6.07) is 13.0. The number of hydrogen-bond donors (Lipinski definition) is 1. The highest BCUT2D eigenvalue weighted by molar-refractivity contribution is 5.76. The molecule has 1 N–H and O–H groups in total. The number of fused-ring (bicyclic) bond motifs is 1. The van der Waals surface area contributed by atoms with Crippen LogP contribution in [-0.2, 0) is 13.1 Å². The lowest BCUT2D eigenvalue weighted by molar-refractivity contribution is 0.511. The molecule has 0 amide bonds. The second-order valence-electron chi connectivity index (χ2n) is 4.63. The summed E-state index contributed by atoms with van der Waals surface area (Å²) in [7, 11) is 0. The van der Waals surface area contributed by atoms with Gasteiger partial charge in [0.05, 0.1) is 17.6 Å². The first kappa shape index (κ1) is 13.4. The number of benzene rings is 1. The predicted molar refractivity (Wildman–Crippen MR) is 79.7 cm³/mol. The smallest absolute Gasteiger partial charge is 0.277 e. The minimum atomic E-state index is -0.111. The molecule has 106 valence electrons. The molecule has 0 aliphatic rings. The summed E-state index contributed by atoms with van der Waals surface area (Å²) >= 11 is 0. The quantitative estimate of drug-likeness (QED) is 0.706. The van der Waals surface area contributed by atoms with Crippen LogP contribution in [0.3, 0.4) is 0 Å². The van der Waals surface area contributed by atoms with Crippen LogP contribution in [0.2, 0.25) is 0 Å². The maximum Gasteiger partial charge on any atom is 0.277 e. The van der Waals surface area contributed by atoms with Gasteiger partial charge in [-0.2, -0.15) is 0 Å². The second-order valence-corrected chi connectivity index (χ2v) is 4.63. The summed E-state index contributed by atoms with van der Waals surface area (Å²) in [5.74, 6) is 0. The van der Waals surface area contributed by atoms with Gasteiger partial charge in [-0.3, -0.25) is 9.78 Å². The summed E-state index contributed by atoms with van der Waals surface area (Å²) in [5.41, 5.74) is 1.48. The van der Waals surface area contributed by atoms with Crippen molar-refractivity contribution in [3.63, 3.8) is 0 Å². The molecule has 0 spiro atoms. The van der Waals surface area contributed by atoms with Gasteiger partial charge in [0.1, 0.15) is 5.52 Å². The molecule has 21 heavy (non-hydrogen) atoms. The van der Waals surface area contributed by atoms with Crippen LogP contribution >= 0.6 is 0 Å². The van der Waals surface area contributed by atoms with Gasteiger partial charge in [-0.15, -0.1) is 5.10 Å². The number of pyridine rings is 1. The molecule has 0 saturated heterocycles. The molecule has 0 aliphatic heterocycles. The molecule has 6 nitrogen and oxygen atoms in total. The first-order valence-corrected chi connectivity index (χ1v) is 6.78. The molecule has 6 heteroatoms. The lowest BCUT2D eigenvalue weighted by Crippen LogP contribution is -2.29. The molecular formula is C15H15N5O. The monoisotopic (exact) mass is 281 g/mol. The average Bonchev–Trinajstić information content (AvgIpc) is 2.55. The van der Waals surface area contributed by atoms with E-state index >= 15 is 0 Å². The maximum atomic E-state index is 12.2. The van der Waals surface area contributed by atoms with Crippen molar-refractivity contribution in [3.05, 3.63) is 64.7 Å². The molecule has 2 aromatic heterocycles. The van der Waals surface area contributed by atoms with Crippen molar-refractivity contribution in [1.29, 1.82) is 0 Å². The van der Waals surface area contributed by atoms with Crippen molar-refractivity contribution in [3.8, 4) is 0 Å². The molecular weight excluding hydrogens is 266 g/mol. The first-order valence-electron chi connectivity index (χ1n) is 6.78. The van der Waals surface area contributed by atoms with Crippen LogP contribution in [0.1, 0.15) is 5.69 Å². The fourth-order valence-corrected chi connectivity index (χ4v) is 2.07. The normalized spacial score (nSPS) is 10.9. The standard InChI is InChI=1S/C15H15N5O/c21-15-13-6-1-2-7-14(13)18-19-20(15)10-9-16-11-12-5-3-4-8-17-12/h1-8,16H,9-11H2. The van der Waals surface area contributed by atoms with Crippen LogP contribution in [0, 0.1) is 0 Å². The fourth-order valence-electron chi connectivity index (χ4n) is 2.07. The van der Waals surface area contributed by atoms with E-state index in [9.17, 15) is 4.79 Å². The third-order valence-electron chi connectivity index (χ3n) is 3.16. The molecule has 0 unspecified atom stereocenters. The van der Waals surface area contributed by atoms with Crippen LogP contribution in [0.5, 0.6) is 0 Å². The first-order chi connectivity index (χ1) is 10.3. The fraction of sp³-hybridized carbons (Fsp3) is 0.200. The van der Waals surface area contributed by atoms with Gasteiger partial charge in [0.15, 0.2) is 0 Å². The van der Waals surface area contributed by atoms with E-state index < -0.39 is 0 Å². The van der Waals surface area contributed by atoms with Gasteiger partial charge in [-0.05, 0) is 24.3 Å². The summed E-state index contributed by atoms with van der Waals surface area (Å²) in [5, 5.41) is 11.8. The number of nitrogens with zero attached hydrogens (tertiary/aromatic N) is 4. The predicted octanol–water partition coefficient (Wildman–Crippen LogP) is 0.976. The van der Waals surface area contributed by atoms with Gasteiger partial charge in [0.25, 0.3) is 5.56 Å². The SMILES string of the molecule is O=c1c2ccccc2nnn1CCNCc1ccccn1. The van der Waals surface area contributed by atoms with Crippen LogP contribution < -0.4 is 10.9 Å². The zero-order valence-electron chi connectivity index (χ0n) is 11.4. The van der Waals surface area contributed by atoms with E-state index in [1.54, 1.807) is 18.3 Å². The minimum Gasteiger partial charge on any atom is -0.309 e. The van der Waals surface area contributed by atoms with E-state index in [0.717, 1.165) is 5.69 Å². The van der Waals surface area contributed by atoms with E-state index in [4.69, 9.17) is 0 Å². The van der Waals surface area contributed by atoms with Crippen molar-refractivity contribution in [2.24, 2.45) is 0 Å². The number of hydrogen-bond acceptors (Lipinski definition) is 5. The summed E-state index contributed by atoms with van der Waals surface area (Å²) in [4.78, 5) is 16.4. The summed E-state index contributed by atoms with van der Waals surface area (Å²) in [6.07, 6.45) is 1.76. The Morgan fingerprint density at radius 1 is 1.10 bits per heavy atom. The number of aromatic nitrogens is 4. The lowest BCUT2D eigenvalue weighted by Gasteiger charge is -2.06. The lowest BCUT2D eigenvalue weighted by atomic mass is 10.2. The van der Waals surface area contributed by atoms with E-state index in [-0.39, 0.29) is 5.56 Å². The topological polar surface area (TPSA) is 72.7 Å². The Bertz CT molecular complexity index is 785. The molecule has 0 bridgehead atoms. The molecule has 0 atom stereocenters. The van der Waals surface area contributed by atoms with E-state index in [0.29, 0.717) is 30.5 Å². The van der Waals surface area contributed by atoms with Gasteiger partial charge in [0, 0.05) is 19.3 Å². The molecule has 2 heterocycles. The highest BCUT2D eigenvalue weighted by Crippen LogP contribution is 2.03. The Labute approximate surface area is 121 Å². The highest BCUT2D eigenvalue weighted by atomic mass is 16.1.